The molecule has 2 heteroatoms. The van der Waals surface area contributed by atoms with Crippen molar-refractivity contribution in [2.45, 2.75) is 114 Å². The molecule has 0 radical (unpaired) electrons. The van der Waals surface area contributed by atoms with Crippen molar-refractivity contribution in [2.75, 3.05) is 0 Å². The minimum Gasteiger partial charge on any atom is -0.123 e. The van der Waals surface area contributed by atoms with Crippen LogP contribution in [-0.2, 0) is 0 Å². The van der Waals surface area contributed by atoms with Gasteiger partial charge in [0.15, 0.2) is 0 Å². The van der Waals surface area contributed by atoms with Gasteiger partial charge in [0.25, 0.3) is 0 Å². The van der Waals surface area contributed by atoms with Crippen molar-refractivity contribution in [1.29, 1.82) is 0 Å². The van der Waals surface area contributed by atoms with Crippen LogP contribution in [0.15, 0.2) is 12.2 Å². The van der Waals surface area contributed by atoms with Gasteiger partial charge in [0.1, 0.15) is 0 Å². The van der Waals surface area contributed by atoms with E-state index >= 15 is 0 Å². The Hall–Kier alpha value is 0.320. The molecular weight excluding hydrogens is 311 g/mol. The number of halogens is 2. The first-order valence-corrected chi connectivity index (χ1v) is 10.5. The fraction of sp³-hybridized carbons (Fsp3) is 0.900. The molecule has 0 aromatic heterocycles. The van der Waals surface area contributed by atoms with Crippen molar-refractivity contribution in [3.63, 3.8) is 0 Å². The number of hydrogen-bond acceptors (Lipinski definition) is 0. The Morgan fingerprint density at radius 2 is 1.14 bits per heavy atom. The van der Waals surface area contributed by atoms with Crippen molar-refractivity contribution < 1.29 is 0 Å². The second kappa shape index (κ2) is 17.7. The standard InChI is InChI=1S/C20H38Cl2/c1-3-20(22)18-16-14-12-10-8-6-4-5-7-9-11-13-15-17-19(2)21/h4,6,19-20H,3,5,7-18H2,1-2H3/b6-4+. The predicted molar refractivity (Wildman–Crippen MR) is 104 cm³/mol. The third-order valence-corrected chi connectivity index (χ3v) is 4.97. The fourth-order valence-electron chi connectivity index (χ4n) is 2.64. The van der Waals surface area contributed by atoms with Crippen LogP contribution in [0.25, 0.3) is 0 Å². The van der Waals surface area contributed by atoms with Crippen molar-refractivity contribution in [1.82, 2.24) is 0 Å². The summed E-state index contributed by atoms with van der Waals surface area (Å²) in [5, 5.41) is 0.754. The molecular formula is C20H38Cl2. The average molecular weight is 349 g/mol. The Kier molecular flexibility index (Phi) is 17.9. The molecule has 0 aliphatic heterocycles. The van der Waals surface area contributed by atoms with Crippen LogP contribution in [0.5, 0.6) is 0 Å². The summed E-state index contributed by atoms with van der Waals surface area (Å²) in [5.74, 6) is 0. The highest BCUT2D eigenvalue weighted by Crippen LogP contribution is 2.14. The highest BCUT2D eigenvalue weighted by Gasteiger charge is 1.99. The molecule has 0 rings (SSSR count). The van der Waals surface area contributed by atoms with Gasteiger partial charge in [0.2, 0.25) is 0 Å². The first-order chi connectivity index (χ1) is 10.7. The monoisotopic (exact) mass is 348 g/mol. The topological polar surface area (TPSA) is 0 Å². The van der Waals surface area contributed by atoms with Crippen LogP contribution in [0.4, 0.5) is 0 Å². The molecule has 0 N–H and O–H groups in total. The lowest BCUT2D eigenvalue weighted by Crippen LogP contribution is -1.94. The van der Waals surface area contributed by atoms with Gasteiger partial charge in [0, 0.05) is 10.8 Å². The fourth-order valence-corrected chi connectivity index (χ4v) is 2.95. The Labute approximate surface area is 150 Å². The summed E-state index contributed by atoms with van der Waals surface area (Å²) in [6.45, 7) is 4.26. The van der Waals surface area contributed by atoms with Crippen molar-refractivity contribution in [2.24, 2.45) is 0 Å². The SMILES string of the molecule is CCC(Cl)CCCCCC/C=C/CCCCCCCC(C)Cl. The van der Waals surface area contributed by atoms with Crippen LogP contribution in [0.3, 0.4) is 0 Å². The largest absolute Gasteiger partial charge is 0.123 e. The third kappa shape index (κ3) is 18.4. The zero-order valence-corrected chi connectivity index (χ0v) is 16.5. The van der Waals surface area contributed by atoms with E-state index in [9.17, 15) is 0 Å². The van der Waals surface area contributed by atoms with E-state index in [1.165, 1.54) is 83.5 Å². The minimum atomic E-state index is 0.353. The van der Waals surface area contributed by atoms with Crippen LogP contribution < -0.4 is 0 Å². The molecule has 2 atom stereocenters. The summed E-state index contributed by atoms with van der Waals surface area (Å²) in [6.07, 6.45) is 22.8. The lowest BCUT2D eigenvalue weighted by Gasteiger charge is -2.04. The summed E-state index contributed by atoms with van der Waals surface area (Å²) in [6, 6.07) is 0. The summed E-state index contributed by atoms with van der Waals surface area (Å²) in [7, 11) is 0. The molecule has 0 aromatic carbocycles. The van der Waals surface area contributed by atoms with Gasteiger partial charge in [-0.25, -0.2) is 0 Å². The number of hydrogen-bond donors (Lipinski definition) is 0. The van der Waals surface area contributed by atoms with Gasteiger partial charge in [-0.3, -0.25) is 0 Å². The van der Waals surface area contributed by atoms with Gasteiger partial charge in [-0.2, -0.15) is 0 Å². The van der Waals surface area contributed by atoms with Crippen LogP contribution in [0.1, 0.15) is 104 Å². The van der Waals surface area contributed by atoms with Gasteiger partial charge in [-0.1, -0.05) is 64.0 Å². The molecule has 0 fully saturated rings. The zero-order chi connectivity index (χ0) is 16.5. The second-order valence-corrected chi connectivity index (χ2v) is 7.96. The van der Waals surface area contributed by atoms with Crippen LogP contribution in [-0.4, -0.2) is 10.8 Å². The van der Waals surface area contributed by atoms with Crippen LogP contribution in [0.2, 0.25) is 0 Å². The van der Waals surface area contributed by atoms with Gasteiger partial charge >= 0.3 is 0 Å². The maximum Gasteiger partial charge on any atom is 0.0333 e. The Morgan fingerprint density at radius 3 is 1.64 bits per heavy atom. The molecule has 0 heterocycles. The lowest BCUT2D eigenvalue weighted by molar-refractivity contribution is 0.591. The van der Waals surface area contributed by atoms with Crippen LogP contribution in [0, 0.1) is 0 Å². The molecule has 0 saturated heterocycles. The quantitative estimate of drug-likeness (QED) is 0.149. The minimum absolute atomic E-state index is 0.353. The highest BCUT2D eigenvalue weighted by molar-refractivity contribution is 6.20. The summed E-state index contributed by atoms with van der Waals surface area (Å²) in [4.78, 5) is 0. The van der Waals surface area contributed by atoms with E-state index in [0.29, 0.717) is 10.8 Å². The first-order valence-electron chi connectivity index (χ1n) is 9.60. The molecule has 132 valence electrons. The number of rotatable bonds is 16. The van der Waals surface area contributed by atoms with E-state index in [2.05, 4.69) is 26.0 Å². The summed E-state index contributed by atoms with van der Waals surface area (Å²) >= 11 is 12.0. The molecule has 0 amide bonds. The van der Waals surface area contributed by atoms with Crippen LogP contribution >= 0.6 is 23.2 Å². The Balaban J connectivity index is 3.12. The van der Waals surface area contributed by atoms with Crippen molar-refractivity contribution >= 4 is 23.2 Å². The van der Waals surface area contributed by atoms with Crippen molar-refractivity contribution in [3.05, 3.63) is 12.2 Å². The smallest absolute Gasteiger partial charge is 0.0333 e. The summed E-state index contributed by atoms with van der Waals surface area (Å²) < 4.78 is 0. The maximum atomic E-state index is 6.11. The molecule has 0 aliphatic carbocycles. The molecule has 0 nitrogen and oxygen atoms in total. The maximum absolute atomic E-state index is 6.11. The van der Waals surface area contributed by atoms with E-state index in [0.717, 1.165) is 6.42 Å². The predicted octanol–water partition coefficient (Wildman–Crippen LogP) is 8.26. The van der Waals surface area contributed by atoms with Gasteiger partial charge < -0.3 is 0 Å². The molecule has 2 unspecified atom stereocenters. The number of allylic oxidation sites excluding steroid dienone is 2. The van der Waals surface area contributed by atoms with E-state index in [-0.39, 0.29) is 0 Å². The summed E-state index contributed by atoms with van der Waals surface area (Å²) in [5.41, 5.74) is 0. The molecule has 0 bridgehead atoms. The lowest BCUT2D eigenvalue weighted by atomic mass is 10.1. The van der Waals surface area contributed by atoms with Gasteiger partial charge in [0.05, 0.1) is 0 Å². The Bertz CT molecular complexity index is 236. The normalized spacial score (nSPS) is 14.5. The number of unbranched alkanes of at least 4 members (excludes halogenated alkanes) is 9. The van der Waals surface area contributed by atoms with Gasteiger partial charge in [-0.15, -0.1) is 23.2 Å². The second-order valence-electron chi connectivity index (χ2n) is 6.59. The highest BCUT2D eigenvalue weighted by atomic mass is 35.5. The molecule has 0 aliphatic rings. The first kappa shape index (κ1) is 22.3. The van der Waals surface area contributed by atoms with E-state index < -0.39 is 0 Å². The molecule has 0 aromatic rings. The van der Waals surface area contributed by atoms with Gasteiger partial charge in [-0.05, 0) is 51.9 Å². The third-order valence-electron chi connectivity index (χ3n) is 4.22. The van der Waals surface area contributed by atoms with Crippen molar-refractivity contribution in [3.8, 4) is 0 Å². The average Bonchev–Trinajstić information content (AvgIpc) is 2.50. The number of alkyl halides is 2. The molecule has 22 heavy (non-hydrogen) atoms. The van der Waals surface area contributed by atoms with E-state index in [4.69, 9.17) is 23.2 Å². The van der Waals surface area contributed by atoms with E-state index in [1.54, 1.807) is 0 Å². The molecule has 0 spiro atoms. The zero-order valence-electron chi connectivity index (χ0n) is 15.0. The van der Waals surface area contributed by atoms with E-state index in [1.807, 2.05) is 0 Å². The Morgan fingerprint density at radius 1 is 0.682 bits per heavy atom. The molecule has 0 saturated carbocycles.